The number of nitrogens with one attached hydrogen (secondary N) is 1. The summed E-state index contributed by atoms with van der Waals surface area (Å²) in [6.45, 7) is 1.70. The third kappa shape index (κ3) is 2.77. The number of benzene rings is 1. The molecule has 1 aliphatic rings. The van der Waals surface area contributed by atoms with Crippen molar-refractivity contribution in [3.63, 3.8) is 0 Å². The summed E-state index contributed by atoms with van der Waals surface area (Å²) in [5.41, 5.74) is 2.80. The van der Waals surface area contributed by atoms with E-state index in [1.54, 1.807) is 7.11 Å². The van der Waals surface area contributed by atoms with Crippen molar-refractivity contribution >= 4 is 11.7 Å². The topological polar surface area (TPSA) is 47.6 Å². The molecule has 0 aromatic heterocycles. The van der Waals surface area contributed by atoms with E-state index in [0.717, 1.165) is 30.6 Å². The van der Waals surface area contributed by atoms with Gasteiger partial charge in [0.1, 0.15) is 6.61 Å². The van der Waals surface area contributed by atoms with E-state index in [4.69, 9.17) is 9.47 Å². The van der Waals surface area contributed by atoms with Crippen molar-refractivity contribution in [1.29, 1.82) is 0 Å². The Labute approximate surface area is 101 Å². The first-order chi connectivity index (χ1) is 8.33. The van der Waals surface area contributed by atoms with E-state index in [-0.39, 0.29) is 5.97 Å². The molecular weight excluding hydrogens is 218 g/mol. The van der Waals surface area contributed by atoms with Gasteiger partial charge < -0.3 is 14.8 Å². The van der Waals surface area contributed by atoms with Crippen LogP contribution in [0.15, 0.2) is 18.2 Å². The highest BCUT2D eigenvalue weighted by Crippen LogP contribution is 2.25. The summed E-state index contributed by atoms with van der Waals surface area (Å²) in [5.74, 6) is -0.261. The van der Waals surface area contributed by atoms with Gasteiger partial charge in [0.05, 0.1) is 12.2 Å². The number of hydrogen-bond donors (Lipinski definition) is 1. The standard InChI is InChI=1S/C13H17NO3/c1-16-8-9-17-13(15)11-4-2-6-12-10(11)5-3-7-14-12/h2,4,6,14H,3,5,7-9H2,1H3. The fourth-order valence-corrected chi connectivity index (χ4v) is 2.00. The number of fused-ring (bicyclic) bond motifs is 1. The zero-order valence-corrected chi connectivity index (χ0v) is 9.99. The first-order valence-corrected chi connectivity index (χ1v) is 5.84. The molecule has 4 heteroatoms. The quantitative estimate of drug-likeness (QED) is 0.639. The molecule has 0 bridgehead atoms. The van der Waals surface area contributed by atoms with Crippen molar-refractivity contribution in [2.75, 3.05) is 32.2 Å². The number of ether oxygens (including phenoxy) is 2. The van der Waals surface area contributed by atoms with Gasteiger partial charge in [0.15, 0.2) is 0 Å². The predicted molar refractivity (Wildman–Crippen MR) is 65.4 cm³/mol. The summed E-state index contributed by atoms with van der Waals surface area (Å²) in [5, 5.41) is 3.29. The predicted octanol–water partition coefficient (Wildman–Crippen LogP) is 1.85. The molecule has 1 aliphatic heterocycles. The largest absolute Gasteiger partial charge is 0.460 e. The molecule has 4 nitrogen and oxygen atoms in total. The van der Waals surface area contributed by atoms with Gasteiger partial charge in [-0.1, -0.05) is 6.07 Å². The van der Waals surface area contributed by atoms with E-state index in [9.17, 15) is 4.79 Å². The average molecular weight is 235 g/mol. The molecule has 0 saturated heterocycles. The SMILES string of the molecule is COCCOC(=O)c1cccc2c1CCCN2. The minimum atomic E-state index is -0.261. The van der Waals surface area contributed by atoms with Crippen LogP contribution in [-0.4, -0.2) is 32.8 Å². The van der Waals surface area contributed by atoms with Gasteiger partial charge in [-0.25, -0.2) is 4.79 Å². The second kappa shape index (κ2) is 5.68. The van der Waals surface area contributed by atoms with E-state index in [1.807, 2.05) is 18.2 Å². The van der Waals surface area contributed by atoms with Crippen LogP contribution in [0.5, 0.6) is 0 Å². The molecule has 1 heterocycles. The van der Waals surface area contributed by atoms with Gasteiger partial charge in [-0.3, -0.25) is 0 Å². The fourth-order valence-electron chi connectivity index (χ4n) is 2.00. The van der Waals surface area contributed by atoms with E-state index < -0.39 is 0 Å². The van der Waals surface area contributed by atoms with Gasteiger partial charge in [0.25, 0.3) is 0 Å². The molecule has 0 fully saturated rings. The van der Waals surface area contributed by atoms with Crippen LogP contribution in [0.2, 0.25) is 0 Å². The lowest BCUT2D eigenvalue weighted by atomic mass is 9.98. The molecule has 1 aromatic carbocycles. The summed E-state index contributed by atoms with van der Waals surface area (Å²) < 4.78 is 9.99. The van der Waals surface area contributed by atoms with Crippen molar-refractivity contribution in [3.05, 3.63) is 29.3 Å². The Balaban J connectivity index is 2.12. The van der Waals surface area contributed by atoms with Crippen LogP contribution >= 0.6 is 0 Å². The summed E-state index contributed by atoms with van der Waals surface area (Å²) in [6, 6.07) is 5.70. The highest BCUT2D eigenvalue weighted by atomic mass is 16.6. The molecule has 0 radical (unpaired) electrons. The number of esters is 1. The van der Waals surface area contributed by atoms with Crippen LogP contribution in [0, 0.1) is 0 Å². The van der Waals surface area contributed by atoms with Gasteiger partial charge >= 0.3 is 5.97 Å². The Hall–Kier alpha value is -1.55. The smallest absolute Gasteiger partial charge is 0.338 e. The molecule has 1 aromatic rings. The number of methoxy groups -OCH3 is 1. The van der Waals surface area contributed by atoms with Crippen molar-refractivity contribution in [2.45, 2.75) is 12.8 Å². The van der Waals surface area contributed by atoms with E-state index >= 15 is 0 Å². The third-order valence-electron chi connectivity index (χ3n) is 2.84. The molecule has 17 heavy (non-hydrogen) atoms. The molecular formula is C13H17NO3. The summed E-state index contributed by atoms with van der Waals surface area (Å²) in [4.78, 5) is 11.9. The number of carbonyl (C=O) groups excluding carboxylic acids is 1. The molecule has 1 N–H and O–H groups in total. The zero-order chi connectivity index (χ0) is 12.1. The minimum absolute atomic E-state index is 0.261. The van der Waals surface area contributed by atoms with E-state index in [0.29, 0.717) is 18.8 Å². The third-order valence-corrected chi connectivity index (χ3v) is 2.84. The number of anilines is 1. The van der Waals surface area contributed by atoms with Crippen LogP contribution < -0.4 is 5.32 Å². The monoisotopic (exact) mass is 235 g/mol. The maximum absolute atomic E-state index is 11.9. The zero-order valence-electron chi connectivity index (χ0n) is 9.99. The van der Waals surface area contributed by atoms with E-state index in [1.165, 1.54) is 0 Å². The Morgan fingerprint density at radius 3 is 3.12 bits per heavy atom. The lowest BCUT2D eigenvalue weighted by molar-refractivity contribution is 0.0387. The normalized spacial score (nSPS) is 13.7. The Kier molecular flexibility index (Phi) is 3.98. The number of rotatable bonds is 4. The summed E-state index contributed by atoms with van der Waals surface area (Å²) in [6.07, 6.45) is 1.98. The molecule has 0 unspecified atom stereocenters. The Bertz CT molecular complexity index is 404. The van der Waals surface area contributed by atoms with Gasteiger partial charge in [0.2, 0.25) is 0 Å². The van der Waals surface area contributed by atoms with Crippen molar-refractivity contribution in [3.8, 4) is 0 Å². The first-order valence-electron chi connectivity index (χ1n) is 5.84. The number of carbonyl (C=O) groups is 1. The molecule has 0 atom stereocenters. The van der Waals surface area contributed by atoms with Gasteiger partial charge in [-0.2, -0.15) is 0 Å². The second-order valence-corrected chi connectivity index (χ2v) is 3.99. The van der Waals surface area contributed by atoms with Crippen LogP contribution in [0.25, 0.3) is 0 Å². The Morgan fingerprint density at radius 1 is 1.41 bits per heavy atom. The van der Waals surface area contributed by atoms with Gasteiger partial charge in [0, 0.05) is 19.3 Å². The lowest BCUT2D eigenvalue weighted by Gasteiger charge is -2.20. The highest BCUT2D eigenvalue weighted by Gasteiger charge is 2.17. The van der Waals surface area contributed by atoms with Gasteiger partial charge in [-0.15, -0.1) is 0 Å². The lowest BCUT2D eigenvalue weighted by Crippen LogP contribution is -2.17. The minimum Gasteiger partial charge on any atom is -0.460 e. The summed E-state index contributed by atoms with van der Waals surface area (Å²) >= 11 is 0. The van der Waals surface area contributed by atoms with Crippen molar-refractivity contribution in [2.24, 2.45) is 0 Å². The molecule has 0 amide bonds. The summed E-state index contributed by atoms with van der Waals surface area (Å²) in [7, 11) is 1.59. The Morgan fingerprint density at radius 2 is 2.29 bits per heavy atom. The molecule has 0 aliphatic carbocycles. The second-order valence-electron chi connectivity index (χ2n) is 3.99. The van der Waals surface area contributed by atoms with Crippen molar-refractivity contribution < 1.29 is 14.3 Å². The molecule has 0 saturated carbocycles. The average Bonchev–Trinajstić information content (AvgIpc) is 2.38. The maximum atomic E-state index is 11.9. The molecule has 92 valence electrons. The highest BCUT2D eigenvalue weighted by molar-refractivity contribution is 5.93. The van der Waals surface area contributed by atoms with E-state index in [2.05, 4.69) is 5.32 Å². The molecule has 0 spiro atoms. The number of hydrogen-bond acceptors (Lipinski definition) is 4. The van der Waals surface area contributed by atoms with Crippen LogP contribution in [0.3, 0.4) is 0 Å². The van der Waals surface area contributed by atoms with Gasteiger partial charge in [-0.05, 0) is 30.5 Å². The first kappa shape index (κ1) is 11.9. The molecule has 2 rings (SSSR count). The van der Waals surface area contributed by atoms with Crippen LogP contribution in [0.4, 0.5) is 5.69 Å². The van der Waals surface area contributed by atoms with Crippen LogP contribution in [-0.2, 0) is 15.9 Å². The fraction of sp³-hybridized carbons (Fsp3) is 0.462. The maximum Gasteiger partial charge on any atom is 0.338 e. The van der Waals surface area contributed by atoms with Crippen LogP contribution in [0.1, 0.15) is 22.3 Å². The van der Waals surface area contributed by atoms with Crippen molar-refractivity contribution in [1.82, 2.24) is 0 Å².